The molecule has 1 aromatic carbocycles. The normalized spacial score (nSPS) is 19.6. The van der Waals surface area contributed by atoms with E-state index in [0.29, 0.717) is 0 Å². The van der Waals surface area contributed by atoms with Gasteiger partial charge in [-0.3, -0.25) is 4.90 Å². The van der Waals surface area contributed by atoms with Crippen LogP contribution in [0.5, 0.6) is 0 Å². The fourth-order valence-electron chi connectivity index (χ4n) is 2.51. The highest BCUT2D eigenvalue weighted by Gasteiger charge is 2.21. The lowest BCUT2D eigenvalue weighted by Crippen LogP contribution is -2.47. The highest BCUT2D eigenvalue weighted by atomic mass is 16.6. The van der Waals surface area contributed by atoms with Crippen molar-refractivity contribution in [2.45, 2.75) is 25.4 Å². The molecule has 5 nitrogen and oxygen atoms in total. The van der Waals surface area contributed by atoms with Crippen LogP contribution in [-0.2, 0) is 11.3 Å². The summed E-state index contributed by atoms with van der Waals surface area (Å²) in [6.45, 7) is 2.71. The number of carbonyl (C=O) groups excluding carboxylic acids is 1. The third-order valence-electron chi connectivity index (χ3n) is 3.40. The van der Waals surface area contributed by atoms with Crippen LogP contribution >= 0.6 is 0 Å². The van der Waals surface area contributed by atoms with Gasteiger partial charge >= 0.3 is 6.09 Å². The monoisotopic (exact) mass is 278 g/mol. The lowest BCUT2D eigenvalue weighted by molar-refractivity contribution is 0.108. The summed E-state index contributed by atoms with van der Waals surface area (Å²) in [7, 11) is 0. The molecule has 0 bridgehead atoms. The Bertz CT molecular complexity index is 411. The molecule has 110 valence electrons. The first kappa shape index (κ1) is 14.8. The maximum absolute atomic E-state index is 11.5. The van der Waals surface area contributed by atoms with E-state index in [1.807, 2.05) is 18.2 Å². The number of carbonyl (C=O) groups is 1. The minimum Gasteiger partial charge on any atom is -0.447 e. The van der Waals surface area contributed by atoms with Gasteiger partial charge in [0.05, 0.1) is 6.61 Å². The number of hydrogen-bond donors (Lipinski definition) is 2. The van der Waals surface area contributed by atoms with Gasteiger partial charge in [-0.05, 0) is 24.9 Å². The summed E-state index contributed by atoms with van der Waals surface area (Å²) in [5, 5.41) is 11.5. The standard InChI is InChI=1S/C15H22N2O3/c18-9-10-20-15(19)16-14-7-4-8-17(12-14)11-13-5-2-1-3-6-13/h1-3,5-6,14,18H,4,7-12H2,(H,16,19). The summed E-state index contributed by atoms with van der Waals surface area (Å²) < 4.78 is 4.83. The second kappa shape index (κ2) is 7.87. The molecule has 1 unspecified atom stereocenters. The van der Waals surface area contributed by atoms with Crippen LogP contribution in [0.15, 0.2) is 30.3 Å². The highest BCUT2D eigenvalue weighted by molar-refractivity contribution is 5.67. The molecule has 1 heterocycles. The largest absolute Gasteiger partial charge is 0.447 e. The van der Waals surface area contributed by atoms with E-state index in [-0.39, 0.29) is 19.3 Å². The van der Waals surface area contributed by atoms with Crippen LogP contribution in [0, 0.1) is 0 Å². The number of benzene rings is 1. The quantitative estimate of drug-likeness (QED) is 0.854. The average Bonchev–Trinajstić information content (AvgIpc) is 2.46. The molecule has 2 N–H and O–H groups in total. The van der Waals surface area contributed by atoms with Crippen LogP contribution in [0.3, 0.4) is 0 Å². The third-order valence-corrected chi connectivity index (χ3v) is 3.40. The van der Waals surface area contributed by atoms with E-state index in [0.717, 1.165) is 32.5 Å². The lowest BCUT2D eigenvalue weighted by atomic mass is 10.0. The topological polar surface area (TPSA) is 61.8 Å². The molecule has 1 saturated heterocycles. The van der Waals surface area contributed by atoms with E-state index in [4.69, 9.17) is 9.84 Å². The zero-order valence-electron chi connectivity index (χ0n) is 11.6. The first-order valence-corrected chi connectivity index (χ1v) is 7.08. The molecule has 0 aromatic heterocycles. The minimum absolute atomic E-state index is 0.0479. The minimum atomic E-state index is -0.439. The second-order valence-corrected chi connectivity index (χ2v) is 5.06. The van der Waals surface area contributed by atoms with Crippen LogP contribution in [0.4, 0.5) is 4.79 Å². The smallest absolute Gasteiger partial charge is 0.407 e. The molecular weight excluding hydrogens is 256 g/mol. The maximum Gasteiger partial charge on any atom is 0.407 e. The van der Waals surface area contributed by atoms with E-state index in [9.17, 15) is 4.79 Å². The van der Waals surface area contributed by atoms with Gasteiger partial charge in [0.15, 0.2) is 0 Å². The van der Waals surface area contributed by atoms with Crippen molar-refractivity contribution in [1.82, 2.24) is 10.2 Å². The molecule has 1 aliphatic rings. The third kappa shape index (κ3) is 4.83. The van der Waals surface area contributed by atoms with Gasteiger partial charge in [-0.2, -0.15) is 0 Å². The molecule has 2 rings (SSSR count). The van der Waals surface area contributed by atoms with Gasteiger partial charge in [0.1, 0.15) is 6.61 Å². The van der Waals surface area contributed by atoms with Crippen LogP contribution in [-0.4, -0.2) is 48.4 Å². The van der Waals surface area contributed by atoms with Crippen molar-refractivity contribution in [2.24, 2.45) is 0 Å². The van der Waals surface area contributed by atoms with Gasteiger partial charge < -0.3 is 15.2 Å². The molecule has 0 aliphatic carbocycles. The van der Waals surface area contributed by atoms with Crippen LogP contribution in [0.2, 0.25) is 0 Å². The number of amides is 1. The van der Waals surface area contributed by atoms with Crippen LogP contribution < -0.4 is 5.32 Å². The SMILES string of the molecule is O=C(NC1CCCN(Cc2ccccc2)C1)OCCO. The van der Waals surface area contributed by atoms with Crippen molar-refractivity contribution >= 4 is 6.09 Å². The van der Waals surface area contributed by atoms with Crippen molar-refractivity contribution in [3.8, 4) is 0 Å². The number of hydrogen-bond acceptors (Lipinski definition) is 4. The van der Waals surface area contributed by atoms with Crippen LogP contribution in [0.1, 0.15) is 18.4 Å². The molecule has 1 aliphatic heterocycles. The van der Waals surface area contributed by atoms with E-state index < -0.39 is 6.09 Å². The van der Waals surface area contributed by atoms with E-state index >= 15 is 0 Å². The molecule has 1 aromatic rings. The number of rotatable bonds is 5. The molecule has 1 atom stereocenters. The number of alkyl carbamates (subject to hydrolysis) is 1. The highest BCUT2D eigenvalue weighted by Crippen LogP contribution is 2.13. The number of likely N-dealkylation sites (tertiary alicyclic amines) is 1. The first-order valence-electron chi connectivity index (χ1n) is 7.08. The number of aliphatic hydroxyl groups is 1. The first-order chi connectivity index (χ1) is 9.78. The molecule has 0 spiro atoms. The number of aliphatic hydroxyl groups excluding tert-OH is 1. The number of ether oxygens (including phenoxy) is 1. The van der Waals surface area contributed by atoms with E-state index in [2.05, 4.69) is 22.3 Å². The van der Waals surface area contributed by atoms with E-state index in [1.165, 1.54) is 5.56 Å². The van der Waals surface area contributed by atoms with Crippen LogP contribution in [0.25, 0.3) is 0 Å². The number of nitrogens with one attached hydrogen (secondary N) is 1. The average molecular weight is 278 g/mol. The summed E-state index contributed by atoms with van der Waals surface area (Å²) in [4.78, 5) is 13.8. The summed E-state index contributed by atoms with van der Waals surface area (Å²) in [5.74, 6) is 0. The fraction of sp³-hybridized carbons (Fsp3) is 0.533. The zero-order chi connectivity index (χ0) is 14.2. The number of piperidine rings is 1. The molecule has 5 heteroatoms. The molecular formula is C15H22N2O3. The summed E-state index contributed by atoms with van der Waals surface area (Å²) in [6, 6.07) is 10.5. The van der Waals surface area contributed by atoms with Gasteiger partial charge in [0, 0.05) is 19.1 Å². The Labute approximate surface area is 119 Å². The Balaban J connectivity index is 1.78. The summed E-state index contributed by atoms with van der Waals surface area (Å²) >= 11 is 0. The van der Waals surface area contributed by atoms with E-state index in [1.54, 1.807) is 0 Å². The number of nitrogens with zero attached hydrogens (tertiary/aromatic N) is 1. The van der Waals surface area contributed by atoms with Crippen molar-refractivity contribution in [3.05, 3.63) is 35.9 Å². The van der Waals surface area contributed by atoms with Gasteiger partial charge in [0.25, 0.3) is 0 Å². The van der Waals surface area contributed by atoms with Gasteiger partial charge in [0.2, 0.25) is 0 Å². The Morgan fingerprint density at radius 2 is 2.20 bits per heavy atom. The van der Waals surface area contributed by atoms with Gasteiger partial charge in [-0.1, -0.05) is 30.3 Å². The van der Waals surface area contributed by atoms with Crippen molar-refractivity contribution in [3.63, 3.8) is 0 Å². The predicted molar refractivity (Wildman–Crippen MR) is 76.3 cm³/mol. The molecule has 0 saturated carbocycles. The Morgan fingerprint density at radius 1 is 1.40 bits per heavy atom. The molecule has 1 fully saturated rings. The Morgan fingerprint density at radius 3 is 2.95 bits per heavy atom. The Hall–Kier alpha value is -1.59. The Kier molecular flexibility index (Phi) is 5.83. The van der Waals surface area contributed by atoms with Crippen molar-refractivity contribution < 1.29 is 14.6 Å². The second-order valence-electron chi connectivity index (χ2n) is 5.06. The fourth-order valence-corrected chi connectivity index (χ4v) is 2.51. The molecule has 0 radical (unpaired) electrons. The predicted octanol–water partition coefficient (Wildman–Crippen LogP) is 1.37. The molecule has 1 amide bonds. The van der Waals surface area contributed by atoms with Gasteiger partial charge in [-0.15, -0.1) is 0 Å². The summed E-state index contributed by atoms with van der Waals surface area (Å²) in [6.07, 6.45) is 1.60. The van der Waals surface area contributed by atoms with Crippen molar-refractivity contribution in [2.75, 3.05) is 26.3 Å². The van der Waals surface area contributed by atoms with Crippen molar-refractivity contribution in [1.29, 1.82) is 0 Å². The maximum atomic E-state index is 11.5. The zero-order valence-corrected chi connectivity index (χ0v) is 11.6. The summed E-state index contributed by atoms with van der Waals surface area (Å²) in [5.41, 5.74) is 1.29. The lowest BCUT2D eigenvalue weighted by Gasteiger charge is -2.32. The molecule has 20 heavy (non-hydrogen) atoms. The van der Waals surface area contributed by atoms with Gasteiger partial charge in [-0.25, -0.2) is 4.79 Å².